The van der Waals surface area contributed by atoms with Gasteiger partial charge in [0.1, 0.15) is 5.15 Å². The van der Waals surface area contributed by atoms with Crippen molar-refractivity contribution >= 4 is 46.7 Å². The predicted molar refractivity (Wildman–Crippen MR) is 78.0 cm³/mol. The van der Waals surface area contributed by atoms with Crippen LogP contribution >= 0.6 is 34.8 Å². The van der Waals surface area contributed by atoms with Gasteiger partial charge in [0.15, 0.2) is 0 Å². The van der Waals surface area contributed by atoms with Gasteiger partial charge in [0, 0.05) is 21.7 Å². The Bertz CT molecular complexity index is 644. The van der Waals surface area contributed by atoms with Crippen molar-refractivity contribution in [3.8, 4) is 5.88 Å². The number of methoxy groups -OCH3 is 1. The molecule has 2 aromatic rings. The third-order valence-corrected chi connectivity index (χ3v) is 2.86. The summed E-state index contributed by atoms with van der Waals surface area (Å²) in [5, 5.41) is 3.34. The normalized spacial score (nSPS) is 10.2. The number of anilines is 1. The van der Waals surface area contributed by atoms with Gasteiger partial charge in [-0.05, 0) is 18.2 Å². The molecule has 104 valence electrons. The summed E-state index contributed by atoms with van der Waals surface area (Å²) in [5.74, 6) is -0.196. The van der Waals surface area contributed by atoms with Gasteiger partial charge in [-0.3, -0.25) is 10.1 Å². The molecule has 0 saturated heterocycles. The first kappa shape index (κ1) is 14.8. The maximum Gasteiger partial charge on any atom is 0.258 e. The summed E-state index contributed by atoms with van der Waals surface area (Å²) in [6, 6.07) is 5.90. The van der Waals surface area contributed by atoms with Gasteiger partial charge in [-0.25, -0.2) is 4.98 Å². The van der Waals surface area contributed by atoms with E-state index in [9.17, 15) is 4.79 Å². The maximum absolute atomic E-state index is 12.0. The number of nitrogens with one attached hydrogen (secondary N) is 1. The van der Waals surface area contributed by atoms with Crippen LogP contribution < -0.4 is 10.1 Å². The zero-order valence-corrected chi connectivity index (χ0v) is 12.4. The van der Waals surface area contributed by atoms with Gasteiger partial charge >= 0.3 is 0 Å². The number of amides is 1. The molecular formula is C12H8Cl3N3O2. The number of carbonyl (C=O) groups excluding carboxylic acids is 1. The molecule has 0 bridgehead atoms. The van der Waals surface area contributed by atoms with Gasteiger partial charge in [-0.1, -0.05) is 34.8 Å². The number of halogens is 3. The Hall–Kier alpha value is -1.56. The van der Waals surface area contributed by atoms with Crippen LogP contribution in [0.2, 0.25) is 15.2 Å². The highest BCUT2D eigenvalue weighted by Gasteiger charge is 2.11. The van der Waals surface area contributed by atoms with Crippen LogP contribution in [0.3, 0.4) is 0 Å². The first-order valence-corrected chi connectivity index (χ1v) is 6.47. The van der Waals surface area contributed by atoms with Crippen molar-refractivity contribution in [1.29, 1.82) is 0 Å². The van der Waals surface area contributed by atoms with E-state index in [4.69, 9.17) is 39.5 Å². The lowest BCUT2D eigenvalue weighted by Crippen LogP contribution is -2.14. The molecule has 0 fully saturated rings. The lowest BCUT2D eigenvalue weighted by molar-refractivity contribution is 0.102. The largest absolute Gasteiger partial charge is 0.481 e. The van der Waals surface area contributed by atoms with Gasteiger partial charge in [0.2, 0.25) is 11.8 Å². The van der Waals surface area contributed by atoms with Crippen LogP contribution in [0.1, 0.15) is 10.4 Å². The van der Waals surface area contributed by atoms with E-state index in [-0.39, 0.29) is 22.5 Å². The summed E-state index contributed by atoms with van der Waals surface area (Å²) < 4.78 is 4.93. The Balaban J connectivity index is 2.25. The summed E-state index contributed by atoms with van der Waals surface area (Å²) in [6.07, 6.45) is 0. The number of rotatable bonds is 3. The number of hydrogen-bond donors (Lipinski definition) is 1. The Kier molecular flexibility index (Phi) is 4.65. The summed E-state index contributed by atoms with van der Waals surface area (Å²) in [6.45, 7) is 0. The van der Waals surface area contributed by atoms with Crippen molar-refractivity contribution in [3.05, 3.63) is 45.0 Å². The quantitative estimate of drug-likeness (QED) is 0.871. The number of nitrogens with zero attached hydrogens (tertiary/aromatic N) is 2. The highest BCUT2D eigenvalue weighted by molar-refractivity contribution is 6.35. The van der Waals surface area contributed by atoms with E-state index in [0.29, 0.717) is 10.0 Å². The number of hydrogen-bond acceptors (Lipinski definition) is 4. The monoisotopic (exact) mass is 331 g/mol. The maximum atomic E-state index is 12.0. The van der Waals surface area contributed by atoms with E-state index < -0.39 is 5.91 Å². The predicted octanol–water partition coefficient (Wildman–Crippen LogP) is 3.70. The fourth-order valence-electron chi connectivity index (χ4n) is 1.42. The third kappa shape index (κ3) is 3.72. The molecule has 0 atom stereocenters. The van der Waals surface area contributed by atoms with Crippen molar-refractivity contribution in [2.24, 2.45) is 0 Å². The van der Waals surface area contributed by atoms with Crippen LogP contribution in [-0.4, -0.2) is 23.0 Å². The molecule has 0 saturated carbocycles. The zero-order chi connectivity index (χ0) is 14.7. The minimum absolute atomic E-state index is 0.0236. The summed E-state index contributed by atoms with van der Waals surface area (Å²) >= 11 is 17.5. The molecule has 1 aromatic heterocycles. The van der Waals surface area contributed by atoms with Crippen molar-refractivity contribution in [2.75, 3.05) is 12.4 Å². The van der Waals surface area contributed by atoms with E-state index in [1.54, 1.807) is 0 Å². The van der Waals surface area contributed by atoms with E-state index in [1.165, 1.54) is 31.4 Å². The highest BCUT2D eigenvalue weighted by atomic mass is 35.5. The molecule has 1 N–H and O–H groups in total. The molecule has 1 heterocycles. The van der Waals surface area contributed by atoms with Gasteiger partial charge in [-0.2, -0.15) is 4.98 Å². The molecule has 0 unspecified atom stereocenters. The van der Waals surface area contributed by atoms with Gasteiger partial charge in [0.25, 0.3) is 5.91 Å². The lowest BCUT2D eigenvalue weighted by Gasteiger charge is -2.06. The summed E-state index contributed by atoms with van der Waals surface area (Å²) in [5.41, 5.74) is 0.282. The van der Waals surface area contributed by atoms with Crippen molar-refractivity contribution in [2.45, 2.75) is 0 Å². The van der Waals surface area contributed by atoms with Crippen LogP contribution in [-0.2, 0) is 0 Å². The zero-order valence-electron chi connectivity index (χ0n) is 10.2. The van der Waals surface area contributed by atoms with Crippen LogP contribution in [0.15, 0.2) is 24.3 Å². The highest BCUT2D eigenvalue weighted by Crippen LogP contribution is 2.20. The van der Waals surface area contributed by atoms with E-state index >= 15 is 0 Å². The van der Waals surface area contributed by atoms with Gasteiger partial charge in [0.05, 0.1) is 7.11 Å². The Labute approximate surface area is 129 Å². The smallest absolute Gasteiger partial charge is 0.258 e. The van der Waals surface area contributed by atoms with E-state index in [2.05, 4.69) is 15.3 Å². The second-order valence-electron chi connectivity index (χ2n) is 3.67. The van der Waals surface area contributed by atoms with Gasteiger partial charge in [-0.15, -0.1) is 0 Å². The standard InChI is InChI=1S/C12H8Cl3N3O2/c1-20-10-5-9(15)16-12(17-10)18-11(19)6-2-7(13)4-8(14)3-6/h2-5H,1H3,(H,16,17,18,19). The fourth-order valence-corrected chi connectivity index (χ4v) is 2.12. The Morgan fingerprint density at radius 2 is 1.75 bits per heavy atom. The second kappa shape index (κ2) is 6.26. The molecule has 0 spiro atoms. The molecule has 20 heavy (non-hydrogen) atoms. The first-order chi connectivity index (χ1) is 9.47. The lowest BCUT2D eigenvalue weighted by atomic mass is 10.2. The molecule has 0 radical (unpaired) electrons. The van der Waals surface area contributed by atoms with Crippen molar-refractivity contribution in [3.63, 3.8) is 0 Å². The molecule has 1 amide bonds. The third-order valence-electron chi connectivity index (χ3n) is 2.23. The SMILES string of the molecule is COc1cc(Cl)nc(NC(=O)c2cc(Cl)cc(Cl)c2)n1. The molecule has 1 aromatic carbocycles. The Morgan fingerprint density at radius 3 is 2.35 bits per heavy atom. The summed E-state index contributed by atoms with van der Waals surface area (Å²) in [4.78, 5) is 19.9. The molecule has 0 aliphatic carbocycles. The number of ether oxygens (including phenoxy) is 1. The minimum atomic E-state index is -0.460. The van der Waals surface area contributed by atoms with Gasteiger partial charge < -0.3 is 4.74 Å². The van der Waals surface area contributed by atoms with Crippen molar-refractivity contribution < 1.29 is 9.53 Å². The average molecular weight is 333 g/mol. The average Bonchev–Trinajstić information content (AvgIpc) is 2.36. The van der Waals surface area contributed by atoms with Crippen LogP contribution in [0.25, 0.3) is 0 Å². The molecule has 2 rings (SSSR count). The second-order valence-corrected chi connectivity index (χ2v) is 4.93. The number of benzene rings is 1. The Morgan fingerprint density at radius 1 is 1.10 bits per heavy atom. The van der Waals surface area contributed by atoms with Crippen LogP contribution in [0.5, 0.6) is 5.88 Å². The molecule has 0 aliphatic rings. The van der Waals surface area contributed by atoms with Crippen LogP contribution in [0.4, 0.5) is 5.95 Å². The first-order valence-electron chi connectivity index (χ1n) is 5.34. The molecule has 0 aliphatic heterocycles. The van der Waals surface area contributed by atoms with E-state index in [0.717, 1.165) is 0 Å². The number of aromatic nitrogens is 2. The molecular weight excluding hydrogens is 325 g/mol. The fraction of sp³-hybridized carbons (Fsp3) is 0.0833. The van der Waals surface area contributed by atoms with Crippen molar-refractivity contribution in [1.82, 2.24) is 9.97 Å². The molecule has 8 heteroatoms. The van der Waals surface area contributed by atoms with Crippen LogP contribution in [0, 0.1) is 0 Å². The minimum Gasteiger partial charge on any atom is -0.481 e. The van der Waals surface area contributed by atoms with E-state index in [1.807, 2.05) is 0 Å². The molecule has 5 nitrogen and oxygen atoms in total. The number of carbonyl (C=O) groups is 1. The topological polar surface area (TPSA) is 64.1 Å². The summed E-state index contributed by atoms with van der Waals surface area (Å²) in [7, 11) is 1.43.